The van der Waals surface area contributed by atoms with Crippen molar-refractivity contribution in [3.63, 3.8) is 0 Å². The Labute approximate surface area is 118 Å². The van der Waals surface area contributed by atoms with Gasteiger partial charge in [-0.3, -0.25) is 0 Å². The highest BCUT2D eigenvalue weighted by Crippen LogP contribution is 1.79. The van der Waals surface area contributed by atoms with Crippen LogP contribution in [0.25, 0.3) is 0 Å². The van der Waals surface area contributed by atoms with Gasteiger partial charge in [-0.15, -0.1) is 0 Å². The first-order valence-corrected chi connectivity index (χ1v) is 12.2. The van der Waals surface area contributed by atoms with E-state index in [-0.39, 0.29) is 14.9 Å². The number of rotatable bonds is 0. The maximum absolute atomic E-state index is 8.24. The molecular weight excluding hydrogens is 343 g/mol. The van der Waals surface area contributed by atoms with Crippen LogP contribution in [0, 0.1) is 0 Å². The van der Waals surface area contributed by atoms with Crippen molar-refractivity contribution in [2.24, 2.45) is 0 Å². The molecule has 0 saturated carbocycles. The fourth-order valence-corrected chi connectivity index (χ4v) is 7.59. The van der Waals surface area contributed by atoms with Gasteiger partial charge in [0.05, 0.1) is 0 Å². The fraction of sp³-hybridized carbons (Fsp3) is 0.667. The number of hydrogen-bond donors (Lipinski definition) is 1. The molecule has 16 heavy (non-hydrogen) atoms. The van der Waals surface area contributed by atoms with E-state index in [0.29, 0.717) is 6.47 Å². The minimum Gasteiger partial charge on any atom is -0.665 e. The zero-order valence-corrected chi connectivity index (χ0v) is 15.9. The van der Waals surface area contributed by atoms with E-state index in [1.54, 1.807) is 0 Å². The van der Waals surface area contributed by atoms with Crippen molar-refractivity contribution in [3.05, 3.63) is 0 Å². The van der Waals surface area contributed by atoms with Gasteiger partial charge >= 0.3 is 0 Å². The molecule has 1 aliphatic rings. The van der Waals surface area contributed by atoms with E-state index in [1.165, 1.54) is 0 Å². The van der Waals surface area contributed by atoms with Crippen molar-refractivity contribution in [3.8, 4) is 0 Å². The summed E-state index contributed by atoms with van der Waals surface area (Å²) in [5.41, 5.74) is 0. The van der Waals surface area contributed by atoms with Crippen LogP contribution in [0.1, 0.15) is 14.9 Å². The molecule has 0 bridgehead atoms. The quantitative estimate of drug-likeness (QED) is 0.290. The summed E-state index contributed by atoms with van der Waals surface area (Å²) in [7, 11) is -3.25. The highest BCUT2D eigenvalue weighted by atomic mass is 35.7. The Morgan fingerprint density at radius 2 is 1.06 bits per heavy atom. The van der Waals surface area contributed by atoms with Crippen LogP contribution in [0.5, 0.6) is 0 Å². The zero-order chi connectivity index (χ0) is 11.1. The Bertz CT molecular complexity index is 90.2. The van der Waals surface area contributed by atoms with Crippen LogP contribution < -0.4 is 0 Å². The SMILES string of the molecule is C.C.Cl[SiH2]Cl.O1[SiH2]O[SiH2]O[SiH2]O[SiH2]1.O=[C-]O. The van der Waals surface area contributed by atoms with E-state index in [2.05, 4.69) is 0 Å². The molecule has 1 N–H and O–H groups in total. The van der Waals surface area contributed by atoms with Gasteiger partial charge in [0, 0.05) is 0 Å². The first kappa shape index (κ1) is 25.7. The largest absolute Gasteiger partial charge is 0.665 e. The molecule has 0 amide bonds. The van der Waals surface area contributed by atoms with Gasteiger partial charge in [0.25, 0.3) is 40.0 Å². The summed E-state index contributed by atoms with van der Waals surface area (Å²) in [5, 5.41) is 6.76. The second kappa shape index (κ2) is 29.7. The molecule has 1 heterocycles. The summed E-state index contributed by atoms with van der Waals surface area (Å²) < 4.78 is 20.4. The van der Waals surface area contributed by atoms with Crippen LogP contribution >= 0.6 is 22.2 Å². The van der Waals surface area contributed by atoms with Gasteiger partial charge < -0.3 is 26.4 Å². The normalized spacial score (nSPS) is 19.9. The Balaban J connectivity index is -0.0000000785. The topological polar surface area (TPSA) is 74.2 Å². The van der Waals surface area contributed by atoms with E-state index in [1.807, 2.05) is 0 Å². The van der Waals surface area contributed by atoms with Gasteiger partial charge in [-0.2, -0.15) is 22.2 Å². The molecular formula is C3H19Cl2O6Si5-. The molecule has 0 aliphatic carbocycles. The van der Waals surface area contributed by atoms with Crippen molar-refractivity contribution in [2.45, 2.75) is 14.9 Å². The van der Waals surface area contributed by atoms with Gasteiger partial charge in [0.15, 0.2) is 0 Å². The van der Waals surface area contributed by atoms with Gasteiger partial charge in [-0.05, 0) is 0 Å². The monoisotopic (exact) mass is 361 g/mol. The van der Waals surface area contributed by atoms with Crippen LogP contribution in [0.4, 0.5) is 0 Å². The molecule has 1 rings (SSSR count). The predicted molar refractivity (Wildman–Crippen MR) is 80.6 cm³/mol. The Morgan fingerprint density at radius 3 is 1.19 bits per heavy atom. The number of hydrogen-bond acceptors (Lipinski definition) is 5. The highest BCUT2D eigenvalue weighted by molar-refractivity contribution is 7.22. The predicted octanol–water partition coefficient (Wildman–Crippen LogP) is -2.59. The molecule has 13 heteroatoms. The molecule has 0 unspecified atom stereocenters. The van der Waals surface area contributed by atoms with E-state index in [9.17, 15) is 0 Å². The van der Waals surface area contributed by atoms with E-state index in [4.69, 9.17) is 48.5 Å². The average Bonchev–Trinajstić information content (AvgIpc) is 2.04. The minimum atomic E-state index is -0.653. The number of aliphatic hydroxyl groups excluding tert-OH is 1. The molecule has 0 aromatic carbocycles. The summed E-state index contributed by atoms with van der Waals surface area (Å²) in [6.07, 6.45) is 0. The van der Waals surface area contributed by atoms with Gasteiger partial charge in [-0.25, -0.2) is 0 Å². The molecule has 1 aliphatic heterocycles. The Morgan fingerprint density at radius 1 is 0.938 bits per heavy atom. The maximum Gasteiger partial charge on any atom is 0.286 e. The van der Waals surface area contributed by atoms with Crippen LogP contribution in [0.3, 0.4) is 0 Å². The molecule has 0 aromatic heterocycles. The molecule has 102 valence electrons. The highest BCUT2D eigenvalue weighted by Gasteiger charge is 1.97. The van der Waals surface area contributed by atoms with Crippen molar-refractivity contribution in [2.75, 3.05) is 0 Å². The van der Waals surface area contributed by atoms with Crippen molar-refractivity contribution >= 4 is 76.8 Å². The number of halogens is 2. The second-order valence-corrected chi connectivity index (χ2v) is 11.6. The summed E-state index contributed by atoms with van der Waals surface area (Å²) >= 11 is 9.81. The van der Waals surface area contributed by atoms with Crippen LogP contribution in [-0.4, -0.2) is 59.7 Å². The Hall–Kier alpha value is 0.974. The van der Waals surface area contributed by atoms with Crippen LogP contribution in [0.2, 0.25) is 0 Å². The van der Waals surface area contributed by atoms with Gasteiger partial charge in [0.2, 0.25) is 8.14 Å². The summed E-state index contributed by atoms with van der Waals surface area (Å²) in [6.45, 7) is 0.500. The maximum atomic E-state index is 8.24. The second-order valence-electron chi connectivity index (χ2n) is 1.48. The molecule has 0 aromatic rings. The summed E-state index contributed by atoms with van der Waals surface area (Å²) in [4.78, 5) is 8.24. The third-order valence-corrected chi connectivity index (χ3v) is 6.00. The third-order valence-electron chi connectivity index (χ3n) is 0.667. The Kier molecular flexibility index (Phi) is 47.8. The molecule has 0 atom stereocenters. The molecule has 1 fully saturated rings. The smallest absolute Gasteiger partial charge is 0.286 e. The average molecular weight is 363 g/mol. The molecule has 0 spiro atoms. The molecule has 6 nitrogen and oxygen atoms in total. The molecule has 1 saturated heterocycles. The van der Waals surface area contributed by atoms with Crippen LogP contribution in [0.15, 0.2) is 0 Å². The van der Waals surface area contributed by atoms with Gasteiger partial charge in [-0.1, -0.05) is 21.3 Å². The van der Waals surface area contributed by atoms with E-state index >= 15 is 0 Å². The first-order chi connectivity index (χ1) is 6.83. The molecule has 0 radical (unpaired) electrons. The lowest BCUT2D eigenvalue weighted by Gasteiger charge is -2.10. The van der Waals surface area contributed by atoms with Crippen molar-refractivity contribution in [1.82, 2.24) is 0 Å². The minimum absolute atomic E-state index is 0. The summed E-state index contributed by atoms with van der Waals surface area (Å²) in [5.74, 6) is 0. The van der Waals surface area contributed by atoms with E-state index in [0.717, 1.165) is 0 Å². The standard InChI is InChI=1S/CHO2.2CH4.Cl2H2Si.H8O4Si4/c2-1-3;;;1-3-2;1-5-2-7-4-8-3-6-1/h(H,2,3);2*1H4;3H2;5-8H2/q-1;;;;. The van der Waals surface area contributed by atoms with E-state index < -0.39 is 48.2 Å². The van der Waals surface area contributed by atoms with Gasteiger partial charge in [0.1, 0.15) is 0 Å². The van der Waals surface area contributed by atoms with Crippen molar-refractivity contribution in [1.29, 1.82) is 0 Å². The lowest BCUT2D eigenvalue weighted by Crippen LogP contribution is -2.23. The lowest BCUT2D eigenvalue weighted by molar-refractivity contribution is 0.347. The van der Waals surface area contributed by atoms with Crippen molar-refractivity contribution < 1.29 is 26.4 Å². The first-order valence-electron chi connectivity index (χ1n) is 3.27. The lowest BCUT2D eigenvalue weighted by atomic mass is 11.7. The van der Waals surface area contributed by atoms with Crippen LogP contribution in [-0.2, 0) is 21.3 Å². The fourth-order valence-electron chi connectivity index (χ4n) is 0.372. The third kappa shape index (κ3) is 36.3. The zero-order valence-electron chi connectivity index (χ0n) is 7.28. The summed E-state index contributed by atoms with van der Waals surface area (Å²) in [6, 6.07) is 0.